The van der Waals surface area contributed by atoms with Gasteiger partial charge in [0.15, 0.2) is 5.13 Å². The molecule has 1 aliphatic rings. The topological polar surface area (TPSA) is 88.5 Å². The van der Waals surface area contributed by atoms with Crippen molar-refractivity contribution in [2.24, 2.45) is 5.92 Å². The van der Waals surface area contributed by atoms with Crippen LogP contribution in [-0.2, 0) is 20.7 Å². The minimum atomic E-state index is -0.839. The van der Waals surface area contributed by atoms with Crippen molar-refractivity contribution in [3.63, 3.8) is 0 Å². The Hall–Kier alpha value is -1.63. The number of aryl methyl sites for hydroxylation is 1. The number of hydrogen-bond donors (Lipinski definition) is 2. The van der Waals surface area contributed by atoms with Crippen LogP contribution in [0, 0.1) is 5.92 Å². The maximum Gasteiger partial charge on any atom is 0.328 e. The number of nitrogens with one attached hydrogen (secondary N) is 1. The van der Waals surface area contributed by atoms with E-state index in [0.717, 1.165) is 11.3 Å². The zero-order chi connectivity index (χ0) is 14.9. The smallest absolute Gasteiger partial charge is 0.328 e. The van der Waals surface area contributed by atoms with E-state index in [0.29, 0.717) is 17.2 Å². The number of thiazole rings is 1. The first kappa shape index (κ1) is 14.8. The predicted molar refractivity (Wildman–Crippen MR) is 75.1 cm³/mol. The Morgan fingerprint density at radius 1 is 1.50 bits per heavy atom. The van der Waals surface area contributed by atoms with Crippen LogP contribution in [0.1, 0.15) is 36.8 Å². The fourth-order valence-corrected chi connectivity index (χ4v) is 3.36. The second-order valence-electron chi connectivity index (χ2n) is 5.15. The molecule has 2 unspecified atom stereocenters. The normalized spacial score (nSPS) is 18.7. The fourth-order valence-electron chi connectivity index (χ4n) is 2.29. The molecule has 6 nitrogen and oxygen atoms in total. The number of esters is 1. The number of carboxylic acid groups (broad SMARTS) is 1. The number of carboxylic acids is 1. The number of nitrogens with zero attached hydrogens (tertiary/aromatic N) is 1. The van der Waals surface area contributed by atoms with Gasteiger partial charge in [0.05, 0.1) is 12.8 Å². The zero-order valence-electron chi connectivity index (χ0n) is 11.7. The van der Waals surface area contributed by atoms with Crippen LogP contribution in [0.3, 0.4) is 0 Å². The van der Waals surface area contributed by atoms with Crippen LogP contribution in [0.15, 0.2) is 0 Å². The molecule has 0 spiro atoms. The number of methoxy groups -OCH3 is 1. The summed E-state index contributed by atoms with van der Waals surface area (Å²) < 4.78 is 4.76. The van der Waals surface area contributed by atoms with Gasteiger partial charge in [-0.05, 0) is 18.8 Å². The highest BCUT2D eigenvalue weighted by Gasteiger charge is 2.33. The average Bonchev–Trinajstić information content (AvgIpc) is 2.93. The summed E-state index contributed by atoms with van der Waals surface area (Å²) in [5.41, 5.74) is 0.636. The summed E-state index contributed by atoms with van der Waals surface area (Å²) in [5, 5.41) is 12.8. The number of anilines is 1. The number of ether oxygens (including phenoxy) is 1. The lowest BCUT2D eigenvalue weighted by Gasteiger charge is -2.19. The fraction of sp³-hybridized carbons (Fsp3) is 0.615. The lowest BCUT2D eigenvalue weighted by atomic mass is 10.1. The van der Waals surface area contributed by atoms with Crippen molar-refractivity contribution in [2.75, 3.05) is 12.4 Å². The molecular weight excluding hydrogens is 280 g/mol. The lowest BCUT2D eigenvalue weighted by Crippen LogP contribution is -2.35. The predicted octanol–water partition coefficient (Wildman–Crippen LogP) is 1.87. The van der Waals surface area contributed by atoms with E-state index in [4.69, 9.17) is 9.84 Å². The molecule has 20 heavy (non-hydrogen) atoms. The van der Waals surface area contributed by atoms with Crippen molar-refractivity contribution in [3.8, 4) is 0 Å². The zero-order valence-corrected chi connectivity index (χ0v) is 12.5. The highest BCUT2D eigenvalue weighted by Crippen LogP contribution is 2.38. The molecule has 1 heterocycles. The van der Waals surface area contributed by atoms with Crippen LogP contribution in [0.4, 0.5) is 5.13 Å². The molecule has 0 aliphatic heterocycles. The highest BCUT2D eigenvalue weighted by molar-refractivity contribution is 7.15. The van der Waals surface area contributed by atoms with E-state index in [9.17, 15) is 9.59 Å². The second-order valence-corrected chi connectivity index (χ2v) is 6.23. The molecule has 2 N–H and O–H groups in total. The van der Waals surface area contributed by atoms with Crippen LogP contribution in [0.25, 0.3) is 0 Å². The molecule has 2 rings (SSSR count). The van der Waals surface area contributed by atoms with Crippen molar-refractivity contribution < 1.29 is 19.4 Å². The van der Waals surface area contributed by atoms with Gasteiger partial charge in [-0.15, -0.1) is 11.3 Å². The standard InChI is InChI=1S/C13H18N2O4S/c1-6(2)9(12(18)19-3)14-13-15-10-7(11(16)17)4-5-8(10)20-13/h6-7,9H,4-5H2,1-3H3,(H,14,15)(H,16,17). The number of hydrogen-bond acceptors (Lipinski definition) is 6. The molecule has 110 valence electrons. The maximum atomic E-state index is 11.7. The van der Waals surface area contributed by atoms with Gasteiger partial charge in [0, 0.05) is 4.88 Å². The Kier molecular flexibility index (Phi) is 4.27. The first-order valence-electron chi connectivity index (χ1n) is 6.50. The Morgan fingerprint density at radius 2 is 2.20 bits per heavy atom. The van der Waals surface area contributed by atoms with Gasteiger partial charge in [-0.1, -0.05) is 13.8 Å². The monoisotopic (exact) mass is 298 g/mol. The minimum Gasteiger partial charge on any atom is -0.481 e. The Bertz CT molecular complexity index is 526. The first-order chi connectivity index (χ1) is 9.43. The summed E-state index contributed by atoms with van der Waals surface area (Å²) in [6.45, 7) is 3.83. The van der Waals surface area contributed by atoms with Crippen LogP contribution in [0.2, 0.25) is 0 Å². The lowest BCUT2D eigenvalue weighted by molar-refractivity contribution is -0.142. The average molecular weight is 298 g/mol. The summed E-state index contributed by atoms with van der Waals surface area (Å²) in [6.07, 6.45) is 1.34. The maximum absolute atomic E-state index is 11.7. The summed E-state index contributed by atoms with van der Waals surface area (Å²) in [4.78, 5) is 28.2. The molecule has 7 heteroatoms. The molecular formula is C13H18N2O4S. The van der Waals surface area contributed by atoms with Gasteiger partial charge in [-0.2, -0.15) is 0 Å². The third kappa shape index (κ3) is 2.77. The third-order valence-electron chi connectivity index (χ3n) is 3.42. The second kappa shape index (κ2) is 5.78. The van der Waals surface area contributed by atoms with E-state index in [2.05, 4.69) is 10.3 Å². The minimum absolute atomic E-state index is 0.0523. The van der Waals surface area contributed by atoms with E-state index in [1.54, 1.807) is 0 Å². The van der Waals surface area contributed by atoms with E-state index in [-0.39, 0.29) is 11.9 Å². The molecule has 0 fully saturated rings. The largest absolute Gasteiger partial charge is 0.481 e. The molecule has 1 aromatic heterocycles. The van der Waals surface area contributed by atoms with Gasteiger partial charge >= 0.3 is 11.9 Å². The van der Waals surface area contributed by atoms with Gasteiger partial charge < -0.3 is 15.2 Å². The molecule has 0 aromatic carbocycles. The summed E-state index contributed by atoms with van der Waals surface area (Å²) in [5.74, 6) is -1.65. The van der Waals surface area contributed by atoms with Crippen molar-refractivity contribution >= 4 is 28.4 Å². The van der Waals surface area contributed by atoms with Gasteiger partial charge in [-0.3, -0.25) is 4.79 Å². The number of aliphatic carboxylic acids is 1. The van der Waals surface area contributed by atoms with Crippen LogP contribution < -0.4 is 5.32 Å². The molecule has 1 aromatic rings. The number of aromatic nitrogens is 1. The van der Waals surface area contributed by atoms with Crippen molar-refractivity contribution in [3.05, 3.63) is 10.6 Å². The highest BCUT2D eigenvalue weighted by atomic mass is 32.1. The number of fused-ring (bicyclic) bond motifs is 1. The van der Waals surface area contributed by atoms with Crippen LogP contribution >= 0.6 is 11.3 Å². The number of carbonyl (C=O) groups excluding carboxylic acids is 1. The summed E-state index contributed by atoms with van der Waals surface area (Å²) in [6, 6.07) is -0.477. The summed E-state index contributed by atoms with van der Waals surface area (Å²) >= 11 is 1.42. The van der Waals surface area contributed by atoms with E-state index in [1.807, 2.05) is 13.8 Å². The Balaban J connectivity index is 2.17. The van der Waals surface area contributed by atoms with Crippen molar-refractivity contribution in [1.29, 1.82) is 0 Å². The first-order valence-corrected chi connectivity index (χ1v) is 7.32. The molecule has 0 radical (unpaired) electrons. The Morgan fingerprint density at radius 3 is 2.75 bits per heavy atom. The van der Waals surface area contributed by atoms with Crippen molar-refractivity contribution in [2.45, 2.75) is 38.6 Å². The van der Waals surface area contributed by atoms with Gasteiger partial charge in [-0.25, -0.2) is 9.78 Å². The van der Waals surface area contributed by atoms with E-state index >= 15 is 0 Å². The van der Waals surface area contributed by atoms with Gasteiger partial charge in [0.25, 0.3) is 0 Å². The number of carbonyl (C=O) groups is 2. The molecule has 0 amide bonds. The van der Waals surface area contributed by atoms with Gasteiger partial charge in [0.1, 0.15) is 12.0 Å². The Labute approximate surface area is 121 Å². The third-order valence-corrected chi connectivity index (χ3v) is 4.48. The molecule has 0 bridgehead atoms. The van der Waals surface area contributed by atoms with Crippen molar-refractivity contribution in [1.82, 2.24) is 4.98 Å². The van der Waals surface area contributed by atoms with Crippen LogP contribution in [-0.4, -0.2) is 35.2 Å². The SMILES string of the molecule is COC(=O)C(Nc1nc2c(s1)CCC2C(=O)O)C(C)C. The van der Waals surface area contributed by atoms with Crippen LogP contribution in [0.5, 0.6) is 0 Å². The molecule has 0 saturated heterocycles. The quantitative estimate of drug-likeness (QED) is 0.807. The van der Waals surface area contributed by atoms with E-state index < -0.39 is 17.9 Å². The van der Waals surface area contributed by atoms with E-state index in [1.165, 1.54) is 18.4 Å². The summed E-state index contributed by atoms with van der Waals surface area (Å²) in [7, 11) is 1.35. The molecule has 1 aliphatic carbocycles. The molecule has 2 atom stereocenters. The molecule has 0 saturated carbocycles. The number of rotatable bonds is 5. The van der Waals surface area contributed by atoms with Gasteiger partial charge in [0.2, 0.25) is 0 Å².